The van der Waals surface area contributed by atoms with Crippen LogP contribution in [0.4, 0.5) is 5.69 Å². The Labute approximate surface area is 195 Å². The summed E-state index contributed by atoms with van der Waals surface area (Å²) in [6.07, 6.45) is 1.51. The van der Waals surface area contributed by atoms with Gasteiger partial charge < -0.3 is 20.8 Å². The molecule has 4 N–H and O–H groups in total. The first-order valence-electron chi connectivity index (χ1n) is 10.9. The Hall–Kier alpha value is -2.57. The molecule has 0 aromatic heterocycles. The molecule has 0 bridgehead atoms. The van der Waals surface area contributed by atoms with Crippen LogP contribution in [0.3, 0.4) is 0 Å². The molecule has 0 radical (unpaired) electrons. The second-order valence-corrected chi connectivity index (χ2v) is 9.31. The molecule has 0 aliphatic carbocycles. The van der Waals surface area contributed by atoms with Crippen LogP contribution in [0.25, 0.3) is 0 Å². The van der Waals surface area contributed by atoms with Gasteiger partial charge in [-0.25, -0.2) is 0 Å². The molecule has 1 heterocycles. The van der Waals surface area contributed by atoms with Crippen LogP contribution in [0.1, 0.15) is 55.9 Å². The van der Waals surface area contributed by atoms with E-state index in [9.17, 15) is 9.59 Å². The predicted octanol–water partition coefficient (Wildman–Crippen LogP) is 4.87. The van der Waals surface area contributed by atoms with Crippen molar-refractivity contribution in [1.29, 1.82) is 0 Å². The number of fused-ring (bicyclic) bond motifs is 1. The van der Waals surface area contributed by atoms with Crippen molar-refractivity contribution in [2.75, 3.05) is 18.4 Å². The van der Waals surface area contributed by atoms with Gasteiger partial charge in [-0.05, 0) is 59.7 Å². The fraction of sp³-hybridized carbons (Fsp3) is 0.440. The third-order valence-corrected chi connectivity index (χ3v) is 5.64. The van der Waals surface area contributed by atoms with E-state index in [0.29, 0.717) is 0 Å². The molecule has 0 saturated carbocycles. The Morgan fingerprint density at radius 2 is 1.56 bits per heavy atom. The molecule has 7 heteroatoms. The highest BCUT2D eigenvalue weighted by Crippen LogP contribution is 2.31. The van der Waals surface area contributed by atoms with Crippen LogP contribution in [0, 0.1) is 0 Å². The Morgan fingerprint density at radius 3 is 2.12 bits per heavy atom. The second-order valence-electron chi connectivity index (χ2n) is 8.90. The Balaban J connectivity index is 0.000000390. The summed E-state index contributed by atoms with van der Waals surface area (Å²) in [6.45, 7) is 9.59. The first kappa shape index (κ1) is 25.7. The first-order valence-corrected chi connectivity index (χ1v) is 11.2. The van der Waals surface area contributed by atoms with Crippen LogP contribution in [0.5, 0.6) is 0 Å². The van der Waals surface area contributed by atoms with Gasteiger partial charge in [-0.2, -0.15) is 0 Å². The third kappa shape index (κ3) is 8.17. The predicted molar refractivity (Wildman–Crippen MR) is 129 cm³/mol. The maximum Gasteiger partial charge on any atom is 0.303 e. The van der Waals surface area contributed by atoms with Crippen molar-refractivity contribution < 1.29 is 19.8 Å². The standard InChI is InChI=1S/C21H27ClN2.C4H6O4/c1-21(2,3)17-7-4-15(5-8-17)14-24-20-18-11-13-23-12-10-16(18)6-9-19(20)22;5-3(6)1-2-4(7)8/h4-9,23-24H,10-14H2,1-3H3;1-2H2,(H,5,6)(H,7,8). The summed E-state index contributed by atoms with van der Waals surface area (Å²) in [5, 5.41) is 23.7. The zero-order chi connectivity index (χ0) is 23.7. The van der Waals surface area contributed by atoms with E-state index in [-0.39, 0.29) is 18.3 Å². The van der Waals surface area contributed by atoms with Crippen molar-refractivity contribution in [2.45, 2.75) is 58.4 Å². The maximum absolute atomic E-state index is 9.64. The smallest absolute Gasteiger partial charge is 0.303 e. The van der Waals surface area contributed by atoms with E-state index < -0.39 is 11.9 Å². The average molecular weight is 461 g/mol. The lowest BCUT2D eigenvalue weighted by Crippen LogP contribution is -2.16. The van der Waals surface area contributed by atoms with E-state index in [0.717, 1.165) is 43.2 Å². The van der Waals surface area contributed by atoms with Crippen molar-refractivity contribution in [3.8, 4) is 0 Å². The fourth-order valence-corrected chi connectivity index (χ4v) is 3.71. The molecule has 6 nitrogen and oxygen atoms in total. The van der Waals surface area contributed by atoms with E-state index in [1.165, 1.54) is 22.3 Å². The van der Waals surface area contributed by atoms with E-state index in [2.05, 4.69) is 61.7 Å². The minimum atomic E-state index is -1.08. The highest BCUT2D eigenvalue weighted by Gasteiger charge is 2.15. The summed E-state index contributed by atoms with van der Waals surface area (Å²) >= 11 is 6.48. The number of halogens is 1. The van der Waals surface area contributed by atoms with Crippen LogP contribution in [0.15, 0.2) is 36.4 Å². The third-order valence-electron chi connectivity index (χ3n) is 5.32. The van der Waals surface area contributed by atoms with Crippen molar-refractivity contribution in [2.24, 2.45) is 0 Å². The van der Waals surface area contributed by atoms with Gasteiger partial charge in [0.05, 0.1) is 23.6 Å². The number of anilines is 1. The van der Waals surface area contributed by atoms with Gasteiger partial charge in [0.2, 0.25) is 0 Å². The van der Waals surface area contributed by atoms with Gasteiger partial charge in [0.15, 0.2) is 0 Å². The summed E-state index contributed by atoms with van der Waals surface area (Å²) in [4.78, 5) is 19.3. The van der Waals surface area contributed by atoms with Crippen molar-refractivity contribution >= 4 is 29.2 Å². The molecule has 32 heavy (non-hydrogen) atoms. The van der Waals surface area contributed by atoms with Crippen LogP contribution in [0.2, 0.25) is 5.02 Å². The number of aliphatic carboxylic acids is 2. The monoisotopic (exact) mass is 460 g/mol. The van der Waals surface area contributed by atoms with Gasteiger partial charge in [0, 0.05) is 6.54 Å². The number of benzene rings is 2. The number of hydrogen-bond donors (Lipinski definition) is 4. The molecule has 1 aliphatic heterocycles. The van der Waals surface area contributed by atoms with Gasteiger partial charge in [-0.1, -0.05) is 62.7 Å². The topological polar surface area (TPSA) is 98.7 Å². The molecule has 3 rings (SSSR count). The highest BCUT2D eigenvalue weighted by atomic mass is 35.5. The number of carboxylic acids is 2. The van der Waals surface area contributed by atoms with Gasteiger partial charge in [-0.3, -0.25) is 9.59 Å². The highest BCUT2D eigenvalue weighted by molar-refractivity contribution is 6.33. The minimum Gasteiger partial charge on any atom is -0.481 e. The fourth-order valence-electron chi connectivity index (χ4n) is 3.46. The summed E-state index contributed by atoms with van der Waals surface area (Å²) in [6, 6.07) is 13.1. The largest absolute Gasteiger partial charge is 0.481 e. The molecule has 0 unspecified atom stereocenters. The molecular weight excluding hydrogens is 428 g/mol. The molecule has 1 aliphatic rings. The molecule has 0 spiro atoms. The van der Waals surface area contributed by atoms with Gasteiger partial charge in [-0.15, -0.1) is 0 Å². The lowest BCUT2D eigenvalue weighted by atomic mass is 9.87. The number of rotatable bonds is 6. The van der Waals surface area contributed by atoms with Crippen LogP contribution in [-0.4, -0.2) is 35.2 Å². The van der Waals surface area contributed by atoms with Crippen molar-refractivity contribution in [1.82, 2.24) is 5.32 Å². The molecule has 2 aromatic carbocycles. The lowest BCUT2D eigenvalue weighted by molar-refractivity contribution is -0.143. The number of carboxylic acid groups (broad SMARTS) is 2. The summed E-state index contributed by atoms with van der Waals surface area (Å²) in [5.74, 6) is -2.15. The van der Waals surface area contributed by atoms with Crippen molar-refractivity contribution in [3.05, 3.63) is 63.7 Å². The van der Waals surface area contributed by atoms with E-state index in [1.807, 2.05) is 6.07 Å². The van der Waals surface area contributed by atoms with Gasteiger partial charge >= 0.3 is 11.9 Å². The van der Waals surface area contributed by atoms with Crippen LogP contribution in [-0.2, 0) is 34.4 Å². The number of hydrogen-bond acceptors (Lipinski definition) is 4. The average Bonchev–Trinajstić information content (AvgIpc) is 2.97. The number of nitrogens with one attached hydrogen (secondary N) is 2. The first-order chi connectivity index (χ1) is 15.1. The quantitative estimate of drug-likeness (QED) is 0.490. The van der Waals surface area contributed by atoms with Crippen molar-refractivity contribution in [3.63, 3.8) is 0 Å². The Bertz CT molecular complexity index is 907. The van der Waals surface area contributed by atoms with Crippen LogP contribution >= 0.6 is 11.6 Å². The Morgan fingerprint density at radius 1 is 0.969 bits per heavy atom. The van der Waals surface area contributed by atoms with E-state index in [1.54, 1.807) is 0 Å². The van der Waals surface area contributed by atoms with E-state index in [4.69, 9.17) is 21.8 Å². The summed E-state index contributed by atoms with van der Waals surface area (Å²) < 4.78 is 0. The maximum atomic E-state index is 9.64. The molecule has 0 atom stereocenters. The van der Waals surface area contributed by atoms with Gasteiger partial charge in [0.1, 0.15) is 0 Å². The number of carbonyl (C=O) groups is 2. The lowest BCUT2D eigenvalue weighted by Gasteiger charge is -2.20. The minimum absolute atomic E-state index is 0.193. The molecule has 0 saturated heterocycles. The molecular formula is C25H33ClN2O4. The van der Waals surface area contributed by atoms with Crippen LogP contribution < -0.4 is 10.6 Å². The molecule has 0 amide bonds. The van der Waals surface area contributed by atoms with Gasteiger partial charge in [0.25, 0.3) is 0 Å². The summed E-state index contributed by atoms with van der Waals surface area (Å²) in [5.41, 5.74) is 6.73. The molecule has 2 aromatic rings. The SMILES string of the molecule is CC(C)(C)c1ccc(CNc2c(Cl)ccc3c2CCNCC3)cc1.O=C(O)CCC(=O)O. The van der Waals surface area contributed by atoms with E-state index >= 15 is 0 Å². The Kier molecular flexibility index (Phi) is 9.54. The molecule has 0 fully saturated rings. The zero-order valence-corrected chi connectivity index (χ0v) is 19.8. The summed E-state index contributed by atoms with van der Waals surface area (Å²) in [7, 11) is 0. The zero-order valence-electron chi connectivity index (χ0n) is 19.0. The molecule has 174 valence electrons. The normalized spacial score (nSPS) is 13.2. The second kappa shape index (κ2) is 11.9.